The number of hydrogen-bond donors (Lipinski definition) is 6. The summed E-state index contributed by atoms with van der Waals surface area (Å²) in [6, 6.07) is 36.6. The average Bonchev–Trinajstić information content (AvgIpc) is 3.23. The van der Waals surface area contributed by atoms with Crippen LogP contribution in [0.5, 0.6) is 23.0 Å². The van der Waals surface area contributed by atoms with Gasteiger partial charge in [0.25, 0.3) is 11.8 Å². The van der Waals surface area contributed by atoms with Gasteiger partial charge in [-0.25, -0.2) is 10.9 Å². The highest BCUT2D eigenvalue weighted by Crippen LogP contribution is 2.25. The molecule has 59 heavy (non-hydrogen) atoms. The number of benzene rings is 6. The Morgan fingerprint density at radius 3 is 1.37 bits per heavy atom. The fraction of sp³-hybridized carbons (Fsp3) is 0.217. The number of ether oxygens (including phenoxy) is 1. The SMILES string of the molecule is O=C(CN(CCCCOCCCCN(CC(=O)N/N=C\c1ccc(O)cc1O)c1ccc2ccccc2c1)c1ccc2ccccc2c1)N/N=C\c1ccc(O)cc1O. The fourth-order valence-corrected chi connectivity index (χ4v) is 6.51. The lowest BCUT2D eigenvalue weighted by atomic mass is 10.1. The highest BCUT2D eigenvalue weighted by molar-refractivity contribution is 5.90. The van der Waals surface area contributed by atoms with Crippen LogP contribution >= 0.6 is 0 Å². The first-order valence-corrected chi connectivity index (χ1v) is 19.4. The van der Waals surface area contributed by atoms with Crippen molar-refractivity contribution in [2.75, 3.05) is 49.2 Å². The van der Waals surface area contributed by atoms with Gasteiger partial charge in [0.1, 0.15) is 23.0 Å². The molecular formula is C46H48N6O7. The topological polar surface area (TPSA) is 180 Å². The number of carbonyl (C=O) groups excluding carboxylic acids is 2. The lowest BCUT2D eigenvalue weighted by Crippen LogP contribution is -2.36. The summed E-state index contributed by atoms with van der Waals surface area (Å²) in [4.78, 5) is 30.0. The Labute approximate surface area is 342 Å². The fourth-order valence-electron chi connectivity index (χ4n) is 6.51. The Kier molecular flexibility index (Phi) is 14.7. The predicted octanol–water partition coefficient (Wildman–Crippen LogP) is 7.01. The number of fused-ring (bicyclic) bond motifs is 2. The van der Waals surface area contributed by atoms with E-state index in [0.717, 1.165) is 58.6 Å². The molecule has 0 heterocycles. The Bertz CT molecular complexity index is 2250. The molecule has 0 atom stereocenters. The summed E-state index contributed by atoms with van der Waals surface area (Å²) in [6.07, 6.45) is 5.79. The summed E-state index contributed by atoms with van der Waals surface area (Å²) in [6.45, 7) is 2.48. The van der Waals surface area contributed by atoms with E-state index in [2.05, 4.69) is 33.2 Å². The molecule has 0 unspecified atom stereocenters. The number of phenolic OH excluding ortho intramolecular Hbond substituents is 4. The van der Waals surface area contributed by atoms with Gasteiger partial charge in [-0.05, 0) is 95.8 Å². The minimum atomic E-state index is -0.318. The number of hydrogen-bond acceptors (Lipinski definition) is 11. The quantitative estimate of drug-likeness (QED) is 0.0269. The molecule has 0 aromatic heterocycles. The van der Waals surface area contributed by atoms with Crippen molar-refractivity contribution in [1.82, 2.24) is 10.9 Å². The lowest BCUT2D eigenvalue weighted by molar-refractivity contribution is -0.120. The molecule has 0 radical (unpaired) electrons. The Hall–Kier alpha value is -7.12. The molecule has 0 aliphatic heterocycles. The zero-order chi connectivity index (χ0) is 41.4. The van der Waals surface area contributed by atoms with Gasteiger partial charge in [-0.1, -0.05) is 60.7 Å². The number of aromatic hydroxyl groups is 4. The summed E-state index contributed by atoms with van der Waals surface area (Å²) in [7, 11) is 0. The first-order valence-electron chi connectivity index (χ1n) is 19.4. The second kappa shape index (κ2) is 20.9. The molecule has 13 heteroatoms. The molecule has 6 aromatic carbocycles. The normalized spacial score (nSPS) is 11.4. The molecular weight excluding hydrogens is 749 g/mol. The van der Waals surface area contributed by atoms with Gasteiger partial charge >= 0.3 is 0 Å². The van der Waals surface area contributed by atoms with Crippen molar-refractivity contribution < 1.29 is 34.8 Å². The number of hydrazone groups is 2. The molecule has 2 amide bonds. The molecule has 13 nitrogen and oxygen atoms in total. The number of phenols is 4. The van der Waals surface area contributed by atoms with Crippen molar-refractivity contribution in [2.45, 2.75) is 25.7 Å². The van der Waals surface area contributed by atoms with Crippen LogP contribution in [0.25, 0.3) is 21.5 Å². The summed E-state index contributed by atoms with van der Waals surface area (Å²) in [5, 5.41) is 51.4. The van der Waals surface area contributed by atoms with Gasteiger partial charge < -0.3 is 35.0 Å². The van der Waals surface area contributed by atoms with E-state index < -0.39 is 0 Å². The molecule has 0 fully saturated rings. The van der Waals surface area contributed by atoms with Crippen LogP contribution in [0.2, 0.25) is 0 Å². The van der Waals surface area contributed by atoms with Crippen molar-refractivity contribution in [2.24, 2.45) is 10.2 Å². The average molecular weight is 797 g/mol. The van der Waals surface area contributed by atoms with Crippen molar-refractivity contribution in [3.8, 4) is 23.0 Å². The van der Waals surface area contributed by atoms with E-state index in [1.54, 1.807) is 0 Å². The summed E-state index contributed by atoms with van der Waals surface area (Å²) < 4.78 is 6.00. The monoisotopic (exact) mass is 796 g/mol. The van der Waals surface area contributed by atoms with Crippen LogP contribution in [-0.2, 0) is 14.3 Å². The Morgan fingerprint density at radius 2 is 0.949 bits per heavy atom. The van der Waals surface area contributed by atoms with E-state index >= 15 is 0 Å². The number of anilines is 2. The van der Waals surface area contributed by atoms with Crippen LogP contribution in [0.15, 0.2) is 132 Å². The predicted molar refractivity (Wildman–Crippen MR) is 233 cm³/mol. The van der Waals surface area contributed by atoms with Crippen LogP contribution in [0.3, 0.4) is 0 Å². The van der Waals surface area contributed by atoms with E-state index in [1.165, 1.54) is 48.8 Å². The molecule has 6 rings (SSSR count). The van der Waals surface area contributed by atoms with Crippen molar-refractivity contribution >= 4 is 57.2 Å². The van der Waals surface area contributed by atoms with E-state index in [4.69, 9.17) is 4.74 Å². The molecule has 6 N–H and O–H groups in total. The van der Waals surface area contributed by atoms with Gasteiger partial charge in [0.05, 0.1) is 25.5 Å². The van der Waals surface area contributed by atoms with Crippen molar-refractivity contribution in [1.29, 1.82) is 0 Å². The standard InChI is InChI=1S/C46H48N6O7/c53-41-19-15-37(43(55)27-41)29-47-49-45(57)31-51(39-17-13-33-9-1-3-11-35(33)25-39)21-5-7-23-59-24-8-6-22-52(40-18-14-34-10-2-4-12-36(34)26-40)32-46(58)50-48-30-38-16-20-42(54)28-44(38)56/h1-4,9-20,25-30,53-56H,5-8,21-24,31-32H2,(H,49,57)(H,50,58)/b47-29-,48-30-. The molecule has 6 aromatic rings. The van der Waals surface area contributed by atoms with Crippen LogP contribution < -0.4 is 20.7 Å². The van der Waals surface area contributed by atoms with E-state index in [1.807, 2.05) is 82.6 Å². The highest BCUT2D eigenvalue weighted by atomic mass is 16.5. The highest BCUT2D eigenvalue weighted by Gasteiger charge is 2.14. The zero-order valence-corrected chi connectivity index (χ0v) is 32.6. The van der Waals surface area contributed by atoms with Crippen LogP contribution in [-0.4, -0.2) is 84.1 Å². The van der Waals surface area contributed by atoms with Gasteiger partial charge in [-0.2, -0.15) is 10.2 Å². The number of rotatable bonds is 20. The van der Waals surface area contributed by atoms with Gasteiger partial charge in [-0.15, -0.1) is 0 Å². The Balaban J connectivity index is 0.973. The maximum absolute atomic E-state index is 13.0. The largest absolute Gasteiger partial charge is 0.508 e. The first-order chi connectivity index (χ1) is 28.7. The van der Waals surface area contributed by atoms with E-state index in [-0.39, 0.29) is 47.9 Å². The Morgan fingerprint density at radius 1 is 0.525 bits per heavy atom. The zero-order valence-electron chi connectivity index (χ0n) is 32.6. The van der Waals surface area contributed by atoms with Crippen LogP contribution in [0.4, 0.5) is 11.4 Å². The van der Waals surface area contributed by atoms with Gasteiger partial charge in [-0.3, -0.25) is 9.59 Å². The molecule has 0 saturated heterocycles. The molecule has 0 spiro atoms. The van der Waals surface area contributed by atoms with Crippen molar-refractivity contribution in [3.63, 3.8) is 0 Å². The molecule has 0 bridgehead atoms. The second-order valence-electron chi connectivity index (χ2n) is 14.0. The minimum Gasteiger partial charge on any atom is -0.508 e. The number of nitrogens with zero attached hydrogens (tertiary/aromatic N) is 4. The van der Waals surface area contributed by atoms with E-state index in [9.17, 15) is 30.0 Å². The van der Waals surface area contributed by atoms with Crippen LogP contribution in [0.1, 0.15) is 36.8 Å². The molecule has 0 aliphatic rings. The third kappa shape index (κ3) is 12.4. The maximum atomic E-state index is 13.0. The minimum absolute atomic E-state index is 0.0676. The molecule has 0 saturated carbocycles. The third-order valence-electron chi connectivity index (χ3n) is 9.61. The number of nitrogens with one attached hydrogen (secondary N) is 2. The van der Waals surface area contributed by atoms with Crippen LogP contribution in [0, 0.1) is 0 Å². The second-order valence-corrected chi connectivity index (χ2v) is 14.0. The summed E-state index contributed by atoms with van der Waals surface area (Å²) in [5.41, 5.74) is 7.61. The summed E-state index contributed by atoms with van der Waals surface area (Å²) >= 11 is 0. The first kappa shape index (κ1) is 41.5. The number of unbranched alkanes of at least 4 members (excludes halogenated alkanes) is 2. The lowest BCUT2D eigenvalue weighted by Gasteiger charge is -2.24. The van der Waals surface area contributed by atoms with Gasteiger partial charge in [0.2, 0.25) is 0 Å². The molecule has 0 aliphatic carbocycles. The van der Waals surface area contributed by atoms with Gasteiger partial charge in [0, 0.05) is 60.9 Å². The van der Waals surface area contributed by atoms with Gasteiger partial charge in [0.15, 0.2) is 0 Å². The summed E-state index contributed by atoms with van der Waals surface area (Å²) in [5.74, 6) is -1.07. The smallest absolute Gasteiger partial charge is 0.259 e. The maximum Gasteiger partial charge on any atom is 0.259 e. The molecule has 304 valence electrons. The number of carbonyl (C=O) groups is 2. The number of amides is 2. The van der Waals surface area contributed by atoms with E-state index in [0.29, 0.717) is 37.4 Å². The third-order valence-corrected chi connectivity index (χ3v) is 9.61. The van der Waals surface area contributed by atoms with Crippen molar-refractivity contribution in [3.05, 3.63) is 132 Å².